The summed E-state index contributed by atoms with van der Waals surface area (Å²) >= 11 is 5.85. The highest BCUT2D eigenvalue weighted by Gasteiger charge is 2.11. The topological polar surface area (TPSA) is 73.0 Å². The zero-order chi connectivity index (χ0) is 26.1. The smallest absolute Gasteiger partial charge is 0.248 e. The minimum atomic E-state index is -0.495. The predicted octanol–water partition coefficient (Wildman–Crippen LogP) is 7.56. The van der Waals surface area contributed by atoms with Gasteiger partial charge in [-0.2, -0.15) is 4.80 Å². The molecule has 0 atom stereocenters. The number of carbonyl (C=O) groups excluding carboxylic acids is 1. The van der Waals surface area contributed by atoms with Crippen LogP contribution in [0.15, 0.2) is 77.2 Å². The van der Waals surface area contributed by atoms with Crippen LogP contribution in [0.5, 0.6) is 0 Å². The van der Waals surface area contributed by atoms with E-state index in [0.29, 0.717) is 34.2 Å². The third kappa shape index (κ3) is 5.32. The van der Waals surface area contributed by atoms with E-state index in [2.05, 4.69) is 41.5 Å². The molecule has 0 bridgehead atoms. The summed E-state index contributed by atoms with van der Waals surface area (Å²) in [6, 6.07) is 19.7. The maximum atomic E-state index is 13.4. The molecule has 0 aliphatic rings. The van der Waals surface area contributed by atoms with Gasteiger partial charge in [0.1, 0.15) is 28.4 Å². The Morgan fingerprint density at radius 1 is 1.03 bits per heavy atom. The highest BCUT2D eigenvalue weighted by atomic mass is 35.5. The fourth-order valence-electron chi connectivity index (χ4n) is 3.89. The molecule has 0 radical (unpaired) electrons. The van der Waals surface area contributed by atoms with Crippen molar-refractivity contribution in [3.05, 3.63) is 101 Å². The molecule has 0 saturated carbocycles. The Kier molecular flexibility index (Phi) is 6.63. The van der Waals surface area contributed by atoms with Crippen molar-refractivity contribution in [1.29, 1.82) is 0 Å². The lowest BCUT2D eigenvalue weighted by Crippen LogP contribution is -2.08. The number of nitrogens with zero attached hydrogens (tertiary/aromatic N) is 3. The molecule has 1 amide bonds. The van der Waals surface area contributed by atoms with Crippen LogP contribution >= 0.6 is 11.6 Å². The van der Waals surface area contributed by atoms with Crippen molar-refractivity contribution < 1.29 is 13.6 Å². The van der Waals surface area contributed by atoms with E-state index in [1.54, 1.807) is 29.1 Å². The number of aromatic nitrogens is 3. The van der Waals surface area contributed by atoms with Crippen LogP contribution in [0.1, 0.15) is 36.7 Å². The van der Waals surface area contributed by atoms with E-state index >= 15 is 0 Å². The number of rotatable bonds is 6. The van der Waals surface area contributed by atoms with Crippen molar-refractivity contribution in [1.82, 2.24) is 15.0 Å². The lowest BCUT2D eigenvalue weighted by molar-refractivity contribution is -0.111. The first-order valence-electron chi connectivity index (χ1n) is 11.8. The minimum absolute atomic E-state index is 0.0155. The van der Waals surface area contributed by atoms with E-state index in [-0.39, 0.29) is 10.9 Å². The Balaban J connectivity index is 1.30. The van der Waals surface area contributed by atoms with Gasteiger partial charge in [0, 0.05) is 17.3 Å². The molecule has 5 aromatic rings. The number of hydrogen-bond donors (Lipinski definition) is 1. The molecule has 2 aromatic heterocycles. The van der Waals surface area contributed by atoms with Crippen molar-refractivity contribution in [2.24, 2.45) is 0 Å². The van der Waals surface area contributed by atoms with E-state index in [1.807, 2.05) is 31.2 Å². The first-order valence-corrected chi connectivity index (χ1v) is 12.2. The van der Waals surface area contributed by atoms with E-state index < -0.39 is 5.82 Å². The molecule has 0 aliphatic heterocycles. The van der Waals surface area contributed by atoms with E-state index in [4.69, 9.17) is 16.0 Å². The third-order valence-electron chi connectivity index (χ3n) is 6.00. The lowest BCUT2D eigenvalue weighted by Gasteiger charge is -2.05. The Morgan fingerprint density at radius 3 is 2.46 bits per heavy atom. The molecule has 5 rings (SSSR count). The van der Waals surface area contributed by atoms with Crippen LogP contribution in [0.25, 0.3) is 34.1 Å². The van der Waals surface area contributed by atoms with Crippen molar-refractivity contribution in [3.63, 3.8) is 0 Å². The molecule has 0 fully saturated rings. The van der Waals surface area contributed by atoms with Crippen LogP contribution in [0.4, 0.5) is 10.1 Å². The summed E-state index contributed by atoms with van der Waals surface area (Å²) in [6.07, 6.45) is 2.95. The number of furan rings is 1. The number of halogens is 2. The molecule has 0 unspecified atom stereocenters. The molecule has 2 heterocycles. The van der Waals surface area contributed by atoms with E-state index in [1.165, 1.54) is 23.8 Å². The summed E-state index contributed by atoms with van der Waals surface area (Å²) in [5.41, 5.74) is 5.68. The van der Waals surface area contributed by atoms with Crippen LogP contribution in [-0.2, 0) is 4.79 Å². The second kappa shape index (κ2) is 10.0. The van der Waals surface area contributed by atoms with Gasteiger partial charge >= 0.3 is 0 Å². The summed E-state index contributed by atoms with van der Waals surface area (Å²) in [4.78, 5) is 14.2. The first-order chi connectivity index (χ1) is 17.8. The van der Waals surface area contributed by atoms with Crippen LogP contribution < -0.4 is 5.32 Å². The quantitative estimate of drug-likeness (QED) is 0.237. The maximum absolute atomic E-state index is 13.4. The number of aryl methyl sites for hydroxylation is 1. The van der Waals surface area contributed by atoms with Gasteiger partial charge in [-0.3, -0.25) is 4.79 Å². The molecule has 1 N–H and O–H groups in total. The molecular weight excluding hydrogens is 491 g/mol. The van der Waals surface area contributed by atoms with Gasteiger partial charge in [-0.15, -0.1) is 10.2 Å². The zero-order valence-corrected chi connectivity index (χ0v) is 21.3. The van der Waals surface area contributed by atoms with Crippen molar-refractivity contribution in [2.75, 3.05) is 5.32 Å². The Hall–Kier alpha value is -4.23. The monoisotopic (exact) mass is 514 g/mol. The fourth-order valence-corrected chi connectivity index (χ4v) is 4.07. The fraction of sp³-hybridized carbons (Fsp3) is 0.138. The van der Waals surface area contributed by atoms with Gasteiger partial charge in [0.2, 0.25) is 5.91 Å². The summed E-state index contributed by atoms with van der Waals surface area (Å²) in [6.45, 7) is 6.21. The maximum Gasteiger partial charge on any atom is 0.248 e. The summed E-state index contributed by atoms with van der Waals surface area (Å²) < 4.78 is 19.2. The molecular formula is C29H24ClFN4O2. The number of fused-ring (bicyclic) bond motifs is 1. The minimum Gasteiger partial charge on any atom is -0.457 e. The van der Waals surface area contributed by atoms with Crippen LogP contribution in [0.2, 0.25) is 5.02 Å². The van der Waals surface area contributed by atoms with Gasteiger partial charge < -0.3 is 9.73 Å². The number of carbonyl (C=O) groups is 1. The number of hydrogen-bond acceptors (Lipinski definition) is 4. The number of amides is 1. The summed E-state index contributed by atoms with van der Waals surface area (Å²) in [5.74, 6) is 0.631. The Morgan fingerprint density at radius 2 is 1.76 bits per heavy atom. The lowest BCUT2D eigenvalue weighted by atomic mass is 10.0. The third-order valence-corrected chi connectivity index (χ3v) is 6.29. The van der Waals surface area contributed by atoms with Gasteiger partial charge in [-0.05, 0) is 84.6 Å². The zero-order valence-electron chi connectivity index (χ0n) is 20.5. The summed E-state index contributed by atoms with van der Waals surface area (Å²) in [7, 11) is 0. The summed E-state index contributed by atoms with van der Waals surface area (Å²) in [5, 5.41) is 12.1. The molecule has 0 aliphatic carbocycles. The molecule has 8 heteroatoms. The van der Waals surface area contributed by atoms with Crippen molar-refractivity contribution in [3.8, 4) is 17.0 Å². The Bertz CT molecular complexity index is 1630. The van der Waals surface area contributed by atoms with Crippen molar-refractivity contribution in [2.45, 2.75) is 26.7 Å². The van der Waals surface area contributed by atoms with Crippen LogP contribution in [0.3, 0.4) is 0 Å². The molecule has 3 aromatic carbocycles. The van der Waals surface area contributed by atoms with Gasteiger partial charge in [-0.1, -0.05) is 37.6 Å². The standard InChI is InChI=1S/C29H24ClFN4O2/c1-17(2)19-4-7-21(8-5-19)35-33-26-14-18(3)25(16-27(26)34-35)32-29(36)13-10-22-9-12-28(37-22)20-6-11-24(31)23(30)15-20/h4-17H,1-3H3,(H,32,36)/b13-10+. The average molecular weight is 515 g/mol. The highest BCUT2D eigenvalue weighted by Crippen LogP contribution is 2.27. The van der Waals surface area contributed by atoms with Crippen molar-refractivity contribution >= 4 is 40.3 Å². The normalized spacial score (nSPS) is 11.6. The molecule has 186 valence electrons. The second-order valence-electron chi connectivity index (χ2n) is 9.05. The van der Waals surface area contributed by atoms with Gasteiger partial charge in [0.25, 0.3) is 0 Å². The van der Waals surface area contributed by atoms with Crippen LogP contribution in [0, 0.1) is 12.7 Å². The Labute approximate surface area is 218 Å². The SMILES string of the molecule is Cc1cc2nn(-c3ccc(C(C)C)cc3)nc2cc1NC(=O)/C=C/c1ccc(-c2ccc(F)c(Cl)c2)o1. The van der Waals surface area contributed by atoms with E-state index in [9.17, 15) is 9.18 Å². The average Bonchev–Trinajstić information content (AvgIpc) is 3.52. The van der Waals surface area contributed by atoms with E-state index in [0.717, 1.165) is 16.8 Å². The molecule has 37 heavy (non-hydrogen) atoms. The van der Waals surface area contributed by atoms with Crippen LogP contribution in [-0.4, -0.2) is 20.9 Å². The first kappa shape index (κ1) is 24.5. The number of nitrogens with one attached hydrogen (secondary N) is 1. The molecule has 0 spiro atoms. The van der Waals surface area contributed by atoms with Gasteiger partial charge in [0.05, 0.1) is 10.7 Å². The van der Waals surface area contributed by atoms with Gasteiger partial charge in [0.15, 0.2) is 0 Å². The highest BCUT2D eigenvalue weighted by molar-refractivity contribution is 6.31. The predicted molar refractivity (Wildman–Crippen MR) is 144 cm³/mol. The molecule has 6 nitrogen and oxygen atoms in total. The number of benzene rings is 3. The molecule has 0 saturated heterocycles. The number of anilines is 1. The second-order valence-corrected chi connectivity index (χ2v) is 9.45. The van der Waals surface area contributed by atoms with Gasteiger partial charge in [-0.25, -0.2) is 4.39 Å². The largest absolute Gasteiger partial charge is 0.457 e.